The largest absolute Gasteiger partial charge is 0.494 e. The van der Waals surface area contributed by atoms with Crippen molar-refractivity contribution in [3.05, 3.63) is 59.7 Å². The summed E-state index contributed by atoms with van der Waals surface area (Å²) in [5.41, 5.74) is 2.23. The van der Waals surface area contributed by atoms with E-state index in [9.17, 15) is 0 Å². The zero-order chi connectivity index (χ0) is 29.2. The van der Waals surface area contributed by atoms with Gasteiger partial charge in [-0.15, -0.1) is 0 Å². The van der Waals surface area contributed by atoms with Crippen LogP contribution in [0.4, 0.5) is 0 Å². The molecule has 5 heteroatoms. The predicted molar refractivity (Wildman–Crippen MR) is 170 cm³/mol. The first kappa shape index (κ1) is 32.8. The van der Waals surface area contributed by atoms with Gasteiger partial charge >= 0.3 is 0 Å². The molecule has 2 aliphatic rings. The molecule has 5 nitrogen and oxygen atoms in total. The van der Waals surface area contributed by atoms with Crippen LogP contribution in [0.5, 0.6) is 11.5 Å². The highest BCUT2D eigenvalue weighted by molar-refractivity contribution is 5.29. The minimum absolute atomic E-state index is 0.0434. The highest BCUT2D eigenvalue weighted by Gasteiger charge is 2.38. The average molecular weight is 581 g/mol. The van der Waals surface area contributed by atoms with Crippen LogP contribution in [0.25, 0.3) is 0 Å². The second-order valence-corrected chi connectivity index (χ2v) is 12.2. The summed E-state index contributed by atoms with van der Waals surface area (Å²) in [6.45, 7) is 6.62. The first-order valence-electron chi connectivity index (χ1n) is 17.1. The minimum Gasteiger partial charge on any atom is -0.494 e. The van der Waals surface area contributed by atoms with Gasteiger partial charge < -0.3 is 23.7 Å². The molecule has 42 heavy (non-hydrogen) atoms. The Bertz CT molecular complexity index is 959. The van der Waals surface area contributed by atoms with Gasteiger partial charge in [0.2, 0.25) is 0 Å². The van der Waals surface area contributed by atoms with E-state index in [2.05, 4.69) is 50.2 Å². The molecule has 0 amide bonds. The van der Waals surface area contributed by atoms with E-state index in [1.165, 1.54) is 82.6 Å². The molecule has 4 rings (SSSR count). The molecule has 0 aliphatic carbocycles. The molecule has 0 unspecified atom stereocenters. The van der Waals surface area contributed by atoms with E-state index >= 15 is 0 Å². The molecule has 0 N–H and O–H groups in total. The summed E-state index contributed by atoms with van der Waals surface area (Å²) in [4.78, 5) is 0. The van der Waals surface area contributed by atoms with E-state index < -0.39 is 0 Å². The third-order valence-corrected chi connectivity index (χ3v) is 8.61. The zero-order valence-electron chi connectivity index (χ0n) is 26.4. The highest BCUT2D eigenvalue weighted by atomic mass is 16.7. The molecule has 2 fully saturated rings. The fourth-order valence-corrected chi connectivity index (χ4v) is 5.97. The van der Waals surface area contributed by atoms with Crippen LogP contribution >= 0.6 is 0 Å². The van der Waals surface area contributed by atoms with Crippen LogP contribution in [0.1, 0.15) is 140 Å². The molecule has 2 heterocycles. The van der Waals surface area contributed by atoms with Gasteiger partial charge in [0.05, 0.1) is 32.0 Å². The summed E-state index contributed by atoms with van der Waals surface area (Å²) in [5.74, 6) is 1.85. The molecule has 2 aromatic rings. The second-order valence-electron chi connectivity index (χ2n) is 12.2. The van der Waals surface area contributed by atoms with Crippen molar-refractivity contribution in [3.8, 4) is 11.5 Å². The summed E-state index contributed by atoms with van der Waals surface area (Å²) < 4.78 is 30.8. The molecule has 2 saturated heterocycles. The SMILES string of the molecule is CCCCCCCCCCCCOc1ccc([C@@H]2OC[C@H]3O[C@@H](c4ccc(OCCCCCC)cc4)CC[C@@H]3O2)cc1. The van der Waals surface area contributed by atoms with Crippen molar-refractivity contribution in [2.24, 2.45) is 0 Å². The van der Waals surface area contributed by atoms with Crippen LogP contribution in [-0.4, -0.2) is 32.0 Å². The number of rotatable bonds is 20. The molecule has 0 bridgehead atoms. The molecule has 0 radical (unpaired) electrons. The smallest absolute Gasteiger partial charge is 0.184 e. The summed E-state index contributed by atoms with van der Waals surface area (Å²) in [5, 5.41) is 0. The van der Waals surface area contributed by atoms with Crippen LogP contribution < -0.4 is 9.47 Å². The number of hydrogen-bond donors (Lipinski definition) is 0. The van der Waals surface area contributed by atoms with E-state index in [0.717, 1.165) is 56.0 Å². The average Bonchev–Trinajstić information content (AvgIpc) is 3.03. The monoisotopic (exact) mass is 580 g/mol. The number of hydrogen-bond acceptors (Lipinski definition) is 5. The highest BCUT2D eigenvalue weighted by Crippen LogP contribution is 2.39. The zero-order valence-corrected chi connectivity index (χ0v) is 26.4. The van der Waals surface area contributed by atoms with E-state index in [-0.39, 0.29) is 24.6 Å². The van der Waals surface area contributed by atoms with Crippen LogP contribution in [0.2, 0.25) is 0 Å². The maximum atomic E-state index is 6.44. The van der Waals surface area contributed by atoms with Gasteiger partial charge in [-0.1, -0.05) is 115 Å². The maximum Gasteiger partial charge on any atom is 0.184 e. The van der Waals surface area contributed by atoms with Gasteiger partial charge in [0.1, 0.15) is 17.6 Å². The fraction of sp³-hybridized carbons (Fsp3) is 0.676. The lowest BCUT2D eigenvalue weighted by molar-refractivity contribution is -0.289. The molecular formula is C37H56O5. The Balaban J connectivity index is 1.10. The van der Waals surface area contributed by atoms with E-state index in [1.807, 2.05) is 12.1 Å². The number of unbranched alkanes of at least 4 members (excludes halogenated alkanes) is 12. The van der Waals surface area contributed by atoms with Gasteiger partial charge in [-0.25, -0.2) is 0 Å². The normalized spacial score (nSPS) is 22.0. The summed E-state index contributed by atoms with van der Waals surface area (Å²) in [6.07, 6.45) is 19.9. The van der Waals surface area contributed by atoms with Crippen molar-refractivity contribution >= 4 is 0 Å². The summed E-state index contributed by atoms with van der Waals surface area (Å²) >= 11 is 0. The third kappa shape index (κ3) is 11.2. The standard InChI is InChI=1S/C37H56O5/c1-3-5-7-9-10-11-12-13-14-16-28-39-33-23-19-31(20-24-33)37-40-29-36-35(42-37)26-25-34(41-36)30-17-21-32(22-18-30)38-27-15-8-6-4-2/h17-24,34-37H,3-16,25-29H2,1-2H3/t34-,35+,36-,37-/m1/s1. The van der Waals surface area contributed by atoms with Gasteiger partial charge in [0.25, 0.3) is 0 Å². The van der Waals surface area contributed by atoms with Gasteiger partial charge in [-0.05, 0) is 55.5 Å². The number of benzene rings is 2. The first-order valence-corrected chi connectivity index (χ1v) is 17.1. The Labute approximate surface area is 255 Å². The van der Waals surface area contributed by atoms with Crippen molar-refractivity contribution in [1.29, 1.82) is 0 Å². The van der Waals surface area contributed by atoms with E-state index in [0.29, 0.717) is 6.61 Å². The quantitative estimate of drug-likeness (QED) is 0.146. The molecule has 4 atom stereocenters. The van der Waals surface area contributed by atoms with Gasteiger partial charge in [-0.3, -0.25) is 0 Å². The van der Waals surface area contributed by atoms with Crippen LogP contribution in [0.15, 0.2) is 48.5 Å². The van der Waals surface area contributed by atoms with Gasteiger partial charge in [-0.2, -0.15) is 0 Å². The summed E-state index contributed by atoms with van der Waals surface area (Å²) in [7, 11) is 0. The topological polar surface area (TPSA) is 46.2 Å². The predicted octanol–water partition coefficient (Wildman–Crippen LogP) is 10.3. The van der Waals surface area contributed by atoms with Crippen molar-refractivity contribution in [1.82, 2.24) is 0 Å². The Morgan fingerprint density at radius 2 is 1.05 bits per heavy atom. The van der Waals surface area contributed by atoms with Crippen molar-refractivity contribution < 1.29 is 23.7 Å². The molecule has 2 aromatic carbocycles. The van der Waals surface area contributed by atoms with Gasteiger partial charge in [0, 0.05) is 5.56 Å². The molecule has 0 aromatic heterocycles. The lowest BCUT2D eigenvalue weighted by Gasteiger charge is -2.42. The summed E-state index contributed by atoms with van der Waals surface area (Å²) in [6, 6.07) is 16.6. The lowest BCUT2D eigenvalue weighted by atomic mass is 9.95. The molecule has 0 saturated carbocycles. The Morgan fingerprint density at radius 1 is 0.548 bits per heavy atom. The first-order chi connectivity index (χ1) is 20.8. The Morgan fingerprint density at radius 3 is 1.62 bits per heavy atom. The Hall–Kier alpha value is -2.08. The molecule has 2 aliphatic heterocycles. The minimum atomic E-state index is -0.351. The van der Waals surface area contributed by atoms with Crippen LogP contribution in [-0.2, 0) is 14.2 Å². The Kier molecular flexibility index (Phi) is 15.0. The van der Waals surface area contributed by atoms with E-state index in [1.54, 1.807) is 0 Å². The van der Waals surface area contributed by atoms with Crippen LogP contribution in [0, 0.1) is 0 Å². The fourth-order valence-electron chi connectivity index (χ4n) is 5.97. The second kappa shape index (κ2) is 19.2. The van der Waals surface area contributed by atoms with E-state index in [4.69, 9.17) is 23.7 Å². The third-order valence-electron chi connectivity index (χ3n) is 8.61. The van der Waals surface area contributed by atoms with Crippen molar-refractivity contribution in [3.63, 3.8) is 0 Å². The molecule has 0 spiro atoms. The van der Waals surface area contributed by atoms with Crippen LogP contribution in [0.3, 0.4) is 0 Å². The molecular weight excluding hydrogens is 524 g/mol. The molecule has 234 valence electrons. The lowest BCUT2D eigenvalue weighted by Crippen LogP contribution is -2.45. The maximum absolute atomic E-state index is 6.44. The van der Waals surface area contributed by atoms with Crippen molar-refractivity contribution in [2.45, 2.75) is 141 Å². The van der Waals surface area contributed by atoms with Gasteiger partial charge in [0.15, 0.2) is 6.29 Å². The van der Waals surface area contributed by atoms with Crippen molar-refractivity contribution in [2.75, 3.05) is 19.8 Å². The number of ether oxygens (including phenoxy) is 5. The number of fused-ring (bicyclic) bond motifs is 1.